The molecule has 2 aromatic carbocycles. The maximum atomic E-state index is 12.4. The molecule has 0 radical (unpaired) electrons. The van der Waals surface area contributed by atoms with Crippen LogP contribution in [0.3, 0.4) is 0 Å². The summed E-state index contributed by atoms with van der Waals surface area (Å²) in [5, 5.41) is 12.3. The predicted molar refractivity (Wildman–Crippen MR) is 84.8 cm³/mol. The van der Waals surface area contributed by atoms with Crippen LogP contribution in [0, 0.1) is 6.92 Å². The molecule has 0 saturated heterocycles. The van der Waals surface area contributed by atoms with Crippen molar-refractivity contribution < 1.29 is 10.0 Å². The topological polar surface area (TPSA) is 52.9 Å². The van der Waals surface area contributed by atoms with Gasteiger partial charge in [0.1, 0.15) is 0 Å². The molecule has 1 aliphatic heterocycles. The van der Waals surface area contributed by atoms with Crippen molar-refractivity contribution in [3.63, 3.8) is 0 Å². The van der Waals surface area contributed by atoms with Crippen LogP contribution in [0.4, 0.5) is 5.69 Å². The highest BCUT2D eigenvalue weighted by Crippen LogP contribution is 2.33. The van der Waals surface area contributed by atoms with Gasteiger partial charge in [-0.1, -0.05) is 50.9 Å². The average Bonchev–Trinajstić information content (AvgIpc) is 2.70. The first-order valence-electron chi connectivity index (χ1n) is 6.49. The lowest BCUT2D eigenvalue weighted by atomic mass is 10.1. The predicted octanol–water partition coefficient (Wildman–Crippen LogP) is 3.48. The van der Waals surface area contributed by atoms with Gasteiger partial charge in [0.25, 0.3) is 5.91 Å². The van der Waals surface area contributed by atoms with Crippen LogP contribution in [0.2, 0.25) is 0 Å². The molecule has 2 aromatic rings. The number of hydrogen-bond donors (Lipinski definition) is 1. The summed E-state index contributed by atoms with van der Waals surface area (Å²) in [6.07, 6.45) is 0. The van der Waals surface area contributed by atoms with Crippen LogP contribution in [0.15, 0.2) is 52.1 Å². The fourth-order valence-corrected chi connectivity index (χ4v) is 2.89. The van der Waals surface area contributed by atoms with Gasteiger partial charge in [0.2, 0.25) is 0 Å². The van der Waals surface area contributed by atoms with Crippen molar-refractivity contribution in [3.8, 4) is 0 Å². The van der Waals surface area contributed by atoms with Gasteiger partial charge in [-0.15, -0.1) is 0 Å². The van der Waals surface area contributed by atoms with Gasteiger partial charge in [0.15, 0.2) is 5.71 Å². The molecule has 5 heteroatoms. The number of halogens is 1. The van der Waals surface area contributed by atoms with E-state index >= 15 is 0 Å². The van der Waals surface area contributed by atoms with Crippen molar-refractivity contribution in [1.29, 1.82) is 0 Å². The van der Waals surface area contributed by atoms with Gasteiger partial charge in [-0.05, 0) is 30.7 Å². The third-order valence-electron chi connectivity index (χ3n) is 3.48. The minimum Gasteiger partial charge on any atom is -0.410 e. The van der Waals surface area contributed by atoms with E-state index < -0.39 is 0 Å². The van der Waals surface area contributed by atoms with Crippen molar-refractivity contribution >= 4 is 33.2 Å². The highest BCUT2D eigenvalue weighted by molar-refractivity contribution is 9.10. The van der Waals surface area contributed by atoms with E-state index in [1.54, 1.807) is 11.0 Å². The largest absolute Gasteiger partial charge is 0.410 e. The molecular formula is C16H13BrN2O2. The summed E-state index contributed by atoms with van der Waals surface area (Å²) in [7, 11) is 0. The summed E-state index contributed by atoms with van der Waals surface area (Å²) in [4.78, 5) is 14.0. The monoisotopic (exact) mass is 344 g/mol. The average molecular weight is 345 g/mol. The van der Waals surface area contributed by atoms with Crippen LogP contribution in [0.5, 0.6) is 0 Å². The lowest BCUT2D eigenvalue weighted by Crippen LogP contribution is -2.29. The molecule has 0 spiro atoms. The summed E-state index contributed by atoms with van der Waals surface area (Å²) >= 11 is 3.37. The Hall–Kier alpha value is -2.14. The molecule has 1 aliphatic rings. The molecule has 106 valence electrons. The second kappa shape index (κ2) is 5.33. The quantitative estimate of drug-likeness (QED) is 0.669. The van der Waals surface area contributed by atoms with Gasteiger partial charge in [-0.2, -0.15) is 0 Å². The molecule has 1 amide bonds. The number of fused-ring (bicyclic) bond motifs is 1. The van der Waals surface area contributed by atoms with Crippen molar-refractivity contribution in [2.75, 3.05) is 4.90 Å². The van der Waals surface area contributed by atoms with Crippen LogP contribution in [-0.2, 0) is 11.3 Å². The van der Waals surface area contributed by atoms with E-state index in [-0.39, 0.29) is 11.6 Å². The normalized spacial score (nSPS) is 15.6. The van der Waals surface area contributed by atoms with Gasteiger partial charge in [0.05, 0.1) is 12.2 Å². The Morgan fingerprint density at radius 2 is 2.05 bits per heavy atom. The van der Waals surface area contributed by atoms with Gasteiger partial charge in [0, 0.05) is 10.0 Å². The zero-order valence-corrected chi connectivity index (χ0v) is 13.0. The van der Waals surface area contributed by atoms with Crippen LogP contribution in [-0.4, -0.2) is 16.8 Å². The summed E-state index contributed by atoms with van der Waals surface area (Å²) in [6.45, 7) is 2.47. The van der Waals surface area contributed by atoms with Gasteiger partial charge >= 0.3 is 0 Å². The first-order valence-corrected chi connectivity index (χ1v) is 7.29. The van der Waals surface area contributed by atoms with E-state index in [4.69, 9.17) is 5.21 Å². The van der Waals surface area contributed by atoms with Crippen molar-refractivity contribution in [1.82, 2.24) is 0 Å². The van der Waals surface area contributed by atoms with Gasteiger partial charge < -0.3 is 10.1 Å². The van der Waals surface area contributed by atoms with Crippen molar-refractivity contribution in [2.45, 2.75) is 13.5 Å². The van der Waals surface area contributed by atoms with E-state index in [1.165, 1.54) is 0 Å². The zero-order chi connectivity index (χ0) is 15.0. The number of rotatable bonds is 2. The molecular weight excluding hydrogens is 332 g/mol. The number of carbonyl (C=O) groups excluding carboxylic acids is 1. The van der Waals surface area contributed by atoms with E-state index in [0.717, 1.165) is 21.3 Å². The van der Waals surface area contributed by atoms with Crippen LogP contribution >= 0.6 is 15.9 Å². The number of benzene rings is 2. The molecule has 21 heavy (non-hydrogen) atoms. The lowest BCUT2D eigenvalue weighted by Gasteiger charge is -2.17. The molecule has 3 rings (SSSR count). The second-order valence-corrected chi connectivity index (χ2v) is 5.91. The van der Waals surface area contributed by atoms with E-state index in [9.17, 15) is 4.79 Å². The van der Waals surface area contributed by atoms with Crippen molar-refractivity contribution in [2.24, 2.45) is 5.16 Å². The fourth-order valence-electron chi connectivity index (χ4n) is 2.53. The molecule has 1 heterocycles. The maximum Gasteiger partial charge on any atom is 0.281 e. The second-order valence-electron chi connectivity index (χ2n) is 4.99. The first-order chi connectivity index (χ1) is 10.1. The van der Waals surface area contributed by atoms with E-state index in [0.29, 0.717) is 12.1 Å². The Morgan fingerprint density at radius 3 is 2.76 bits per heavy atom. The Kier molecular flexibility index (Phi) is 3.51. The first kappa shape index (κ1) is 13.8. The Bertz CT molecular complexity index is 756. The highest BCUT2D eigenvalue weighted by Gasteiger charge is 2.34. The molecule has 0 fully saturated rings. The number of nitrogens with zero attached hydrogens (tertiary/aromatic N) is 2. The fraction of sp³-hybridized carbons (Fsp3) is 0.125. The standard InChI is InChI=1S/C16H13BrN2O2/c1-10-3-2-4-11(7-10)9-19-14-6-5-12(17)8-13(14)15(18-21)16(19)20/h2-8,21H,9H2,1H3/b18-15-. The minimum absolute atomic E-state index is 0.0824. The number of carbonyl (C=O) groups is 1. The lowest BCUT2D eigenvalue weighted by molar-refractivity contribution is -0.112. The summed E-state index contributed by atoms with van der Waals surface area (Å²) in [6, 6.07) is 13.5. The number of aryl methyl sites for hydroxylation is 1. The molecule has 0 aliphatic carbocycles. The van der Waals surface area contributed by atoms with Crippen LogP contribution in [0.25, 0.3) is 0 Å². The third kappa shape index (κ3) is 2.45. The number of amides is 1. The van der Waals surface area contributed by atoms with Crippen molar-refractivity contribution in [3.05, 3.63) is 63.6 Å². The smallest absolute Gasteiger partial charge is 0.281 e. The summed E-state index contributed by atoms with van der Waals surface area (Å²) < 4.78 is 0.840. The molecule has 0 bridgehead atoms. The van der Waals surface area contributed by atoms with E-state index in [2.05, 4.69) is 21.1 Å². The summed E-state index contributed by atoms with van der Waals surface area (Å²) in [5.41, 5.74) is 3.67. The van der Waals surface area contributed by atoms with E-state index in [1.807, 2.05) is 43.3 Å². The Labute approximate surface area is 130 Å². The minimum atomic E-state index is -0.285. The van der Waals surface area contributed by atoms with Crippen LogP contribution in [0.1, 0.15) is 16.7 Å². The molecule has 1 N–H and O–H groups in total. The Morgan fingerprint density at radius 1 is 1.24 bits per heavy atom. The molecule has 0 unspecified atom stereocenters. The number of oxime groups is 1. The van der Waals surface area contributed by atoms with Gasteiger partial charge in [-0.25, -0.2) is 0 Å². The highest BCUT2D eigenvalue weighted by atomic mass is 79.9. The zero-order valence-electron chi connectivity index (χ0n) is 11.4. The molecule has 0 atom stereocenters. The molecule has 0 aromatic heterocycles. The summed E-state index contributed by atoms with van der Waals surface area (Å²) in [5.74, 6) is -0.285. The third-order valence-corrected chi connectivity index (χ3v) is 3.97. The number of anilines is 1. The van der Waals surface area contributed by atoms with Crippen LogP contribution < -0.4 is 4.90 Å². The SMILES string of the molecule is Cc1cccc(CN2C(=O)/C(=N\O)c3cc(Br)ccc32)c1. The molecule has 4 nitrogen and oxygen atoms in total. The van der Waals surface area contributed by atoms with Gasteiger partial charge in [-0.3, -0.25) is 4.79 Å². The maximum absolute atomic E-state index is 12.4. The Balaban J connectivity index is 2.02. The molecule has 0 saturated carbocycles. The number of hydrogen-bond acceptors (Lipinski definition) is 3.